The molecule has 0 heterocycles. The fourth-order valence-corrected chi connectivity index (χ4v) is 2.52. The molecule has 0 saturated carbocycles. The fourth-order valence-electron chi connectivity index (χ4n) is 2.35. The summed E-state index contributed by atoms with van der Waals surface area (Å²) >= 11 is 5.98. The lowest BCUT2D eigenvalue weighted by molar-refractivity contribution is -0.112. The summed E-state index contributed by atoms with van der Waals surface area (Å²) < 4.78 is 0. The van der Waals surface area contributed by atoms with Crippen LogP contribution in [0, 0.1) is 18.3 Å². The minimum absolute atomic E-state index is 0.0158. The number of para-hydroxylation sites is 1. The van der Waals surface area contributed by atoms with Crippen LogP contribution in [0.2, 0.25) is 5.02 Å². The van der Waals surface area contributed by atoms with Gasteiger partial charge in [-0.3, -0.25) is 4.79 Å². The minimum Gasteiger partial charge on any atom is -0.360 e. The van der Waals surface area contributed by atoms with E-state index in [-0.39, 0.29) is 11.5 Å². The number of aryl methyl sites for hydroxylation is 1. The standard InChI is InChI=1S/C20H20ClN3O/c1-13(2)17-6-4-5-7-18(17)24-20(25)15(11-22)12-23-19-10-16(21)9-8-14(19)3/h4-10,12-13,23H,1-3H3,(H,24,25)/b15-12-. The van der Waals surface area contributed by atoms with Crippen molar-refractivity contribution in [3.63, 3.8) is 0 Å². The summed E-state index contributed by atoms with van der Waals surface area (Å²) in [4.78, 5) is 12.4. The van der Waals surface area contributed by atoms with Crippen LogP contribution in [0.1, 0.15) is 30.9 Å². The maximum Gasteiger partial charge on any atom is 0.267 e. The lowest BCUT2D eigenvalue weighted by Crippen LogP contribution is -2.16. The van der Waals surface area contributed by atoms with Gasteiger partial charge in [0.05, 0.1) is 0 Å². The predicted molar refractivity (Wildman–Crippen MR) is 103 cm³/mol. The van der Waals surface area contributed by atoms with Gasteiger partial charge in [-0.1, -0.05) is 49.7 Å². The number of amides is 1. The van der Waals surface area contributed by atoms with Crippen LogP contribution in [0.15, 0.2) is 54.2 Å². The van der Waals surface area contributed by atoms with E-state index in [1.54, 1.807) is 12.1 Å². The number of nitrogens with zero attached hydrogens (tertiary/aromatic N) is 1. The van der Waals surface area contributed by atoms with Crippen molar-refractivity contribution in [1.29, 1.82) is 5.26 Å². The molecule has 128 valence electrons. The highest BCUT2D eigenvalue weighted by molar-refractivity contribution is 6.30. The molecule has 0 aliphatic heterocycles. The Bertz CT molecular complexity index is 850. The second-order valence-electron chi connectivity index (χ2n) is 5.97. The third-order valence-electron chi connectivity index (χ3n) is 3.77. The monoisotopic (exact) mass is 353 g/mol. The first-order valence-corrected chi connectivity index (χ1v) is 8.33. The molecule has 0 fully saturated rings. The van der Waals surface area contributed by atoms with Crippen LogP contribution in [-0.4, -0.2) is 5.91 Å². The number of halogens is 1. The molecule has 2 aromatic rings. The molecule has 2 aromatic carbocycles. The molecule has 1 amide bonds. The van der Waals surface area contributed by atoms with Gasteiger partial charge in [-0.25, -0.2) is 0 Å². The molecule has 0 unspecified atom stereocenters. The van der Waals surface area contributed by atoms with Crippen molar-refractivity contribution in [2.45, 2.75) is 26.7 Å². The van der Waals surface area contributed by atoms with Crippen molar-refractivity contribution >= 4 is 28.9 Å². The van der Waals surface area contributed by atoms with Gasteiger partial charge in [0.25, 0.3) is 5.91 Å². The van der Waals surface area contributed by atoms with E-state index in [0.717, 1.165) is 16.8 Å². The Morgan fingerprint density at radius 2 is 1.92 bits per heavy atom. The number of rotatable bonds is 5. The molecule has 0 spiro atoms. The van der Waals surface area contributed by atoms with Crippen molar-refractivity contribution in [3.05, 3.63) is 70.4 Å². The molecule has 0 bridgehead atoms. The van der Waals surface area contributed by atoms with Crippen molar-refractivity contribution in [2.75, 3.05) is 10.6 Å². The Balaban J connectivity index is 2.19. The highest BCUT2D eigenvalue weighted by atomic mass is 35.5. The number of carbonyl (C=O) groups is 1. The van der Waals surface area contributed by atoms with Crippen LogP contribution in [0.25, 0.3) is 0 Å². The Morgan fingerprint density at radius 1 is 1.20 bits per heavy atom. The topological polar surface area (TPSA) is 64.9 Å². The predicted octanol–water partition coefficient (Wildman–Crippen LogP) is 5.23. The number of hydrogen-bond acceptors (Lipinski definition) is 3. The van der Waals surface area contributed by atoms with E-state index in [0.29, 0.717) is 10.7 Å². The quantitative estimate of drug-likeness (QED) is 0.571. The molecular weight excluding hydrogens is 334 g/mol. The van der Waals surface area contributed by atoms with Crippen molar-refractivity contribution < 1.29 is 4.79 Å². The molecular formula is C20H20ClN3O. The van der Waals surface area contributed by atoms with Gasteiger partial charge >= 0.3 is 0 Å². The molecule has 0 saturated heterocycles. The minimum atomic E-state index is -0.456. The van der Waals surface area contributed by atoms with Gasteiger partial charge in [-0.15, -0.1) is 0 Å². The lowest BCUT2D eigenvalue weighted by atomic mass is 10.0. The summed E-state index contributed by atoms with van der Waals surface area (Å²) in [5.74, 6) is -0.193. The zero-order chi connectivity index (χ0) is 18.4. The molecule has 4 nitrogen and oxygen atoms in total. The molecule has 0 aliphatic carbocycles. The molecule has 5 heteroatoms. The summed E-state index contributed by atoms with van der Waals surface area (Å²) in [6, 6.07) is 14.9. The number of anilines is 2. The highest BCUT2D eigenvalue weighted by Gasteiger charge is 2.13. The Morgan fingerprint density at radius 3 is 2.60 bits per heavy atom. The van der Waals surface area contributed by atoms with Crippen LogP contribution < -0.4 is 10.6 Å². The molecule has 0 aromatic heterocycles. The number of hydrogen-bond donors (Lipinski definition) is 2. The second-order valence-corrected chi connectivity index (χ2v) is 6.41. The lowest BCUT2D eigenvalue weighted by Gasteiger charge is -2.13. The average Bonchev–Trinajstić information content (AvgIpc) is 2.58. The summed E-state index contributed by atoms with van der Waals surface area (Å²) in [5.41, 5.74) is 3.42. The van der Waals surface area contributed by atoms with Crippen molar-refractivity contribution in [3.8, 4) is 6.07 Å². The van der Waals surface area contributed by atoms with Gasteiger partial charge in [-0.2, -0.15) is 5.26 Å². The van der Waals surface area contributed by atoms with Gasteiger partial charge < -0.3 is 10.6 Å². The van der Waals surface area contributed by atoms with Crippen LogP contribution >= 0.6 is 11.6 Å². The number of nitrogens with one attached hydrogen (secondary N) is 2. The molecule has 0 radical (unpaired) electrons. The van der Waals surface area contributed by atoms with Gasteiger partial charge in [0.1, 0.15) is 11.6 Å². The summed E-state index contributed by atoms with van der Waals surface area (Å²) in [6.07, 6.45) is 1.39. The highest BCUT2D eigenvalue weighted by Crippen LogP contribution is 2.24. The maximum atomic E-state index is 12.4. The zero-order valence-corrected chi connectivity index (χ0v) is 15.2. The van der Waals surface area contributed by atoms with E-state index >= 15 is 0 Å². The van der Waals surface area contributed by atoms with Crippen molar-refractivity contribution in [2.24, 2.45) is 0 Å². The first-order chi connectivity index (χ1) is 11.9. The second kappa shape index (κ2) is 8.36. The molecule has 0 aliphatic rings. The van der Waals surface area contributed by atoms with Crippen molar-refractivity contribution in [1.82, 2.24) is 0 Å². The zero-order valence-electron chi connectivity index (χ0n) is 14.4. The Kier molecular flexibility index (Phi) is 6.21. The van der Waals surface area contributed by atoms with Crippen LogP contribution in [0.3, 0.4) is 0 Å². The SMILES string of the molecule is Cc1ccc(Cl)cc1N/C=C(/C#N)C(=O)Nc1ccccc1C(C)C. The van der Waals surface area contributed by atoms with E-state index in [4.69, 9.17) is 11.6 Å². The van der Waals surface area contributed by atoms with Gasteiger partial charge in [0.2, 0.25) is 0 Å². The smallest absolute Gasteiger partial charge is 0.267 e. The number of nitriles is 1. The van der Waals surface area contributed by atoms with Gasteiger partial charge in [0.15, 0.2) is 0 Å². The first-order valence-electron chi connectivity index (χ1n) is 7.95. The third-order valence-corrected chi connectivity index (χ3v) is 4.00. The third kappa shape index (κ3) is 4.85. The van der Waals surface area contributed by atoms with Crippen LogP contribution in [0.5, 0.6) is 0 Å². The van der Waals surface area contributed by atoms with Crippen LogP contribution in [0.4, 0.5) is 11.4 Å². The summed E-state index contributed by atoms with van der Waals surface area (Å²) in [6.45, 7) is 6.02. The molecule has 25 heavy (non-hydrogen) atoms. The summed E-state index contributed by atoms with van der Waals surface area (Å²) in [7, 11) is 0. The summed E-state index contributed by atoms with van der Waals surface area (Å²) in [5, 5.41) is 15.7. The fraction of sp³-hybridized carbons (Fsp3) is 0.200. The largest absolute Gasteiger partial charge is 0.360 e. The van der Waals surface area contributed by atoms with Crippen LogP contribution in [-0.2, 0) is 4.79 Å². The first kappa shape index (κ1) is 18.6. The van der Waals surface area contributed by atoms with Gasteiger partial charge in [-0.05, 0) is 42.2 Å². The normalized spacial score (nSPS) is 11.1. The average molecular weight is 354 g/mol. The van der Waals surface area contributed by atoms with E-state index in [1.165, 1.54) is 6.20 Å². The Labute approximate surface area is 153 Å². The van der Waals surface area contributed by atoms with E-state index in [2.05, 4.69) is 24.5 Å². The maximum absolute atomic E-state index is 12.4. The Hall–Kier alpha value is -2.77. The molecule has 2 rings (SSSR count). The molecule has 0 atom stereocenters. The van der Waals surface area contributed by atoms with E-state index in [1.807, 2.05) is 43.3 Å². The number of carbonyl (C=O) groups excluding carboxylic acids is 1. The molecule has 2 N–H and O–H groups in total. The number of benzene rings is 2. The van der Waals surface area contributed by atoms with E-state index in [9.17, 15) is 10.1 Å². The van der Waals surface area contributed by atoms with Gasteiger partial charge in [0, 0.05) is 22.6 Å². The van der Waals surface area contributed by atoms with E-state index < -0.39 is 5.91 Å².